The zero-order chi connectivity index (χ0) is 15.0. The molecule has 0 amide bonds. The van der Waals surface area contributed by atoms with Crippen molar-refractivity contribution in [1.29, 1.82) is 0 Å². The normalized spacial score (nSPS) is 23.9. The number of aromatic carboxylic acids is 1. The van der Waals surface area contributed by atoms with E-state index in [0.29, 0.717) is 12.0 Å². The summed E-state index contributed by atoms with van der Waals surface area (Å²) in [6.45, 7) is 1.97. The van der Waals surface area contributed by atoms with E-state index in [1.165, 1.54) is 22.5 Å². The molecule has 1 aliphatic heterocycles. The van der Waals surface area contributed by atoms with Gasteiger partial charge in [0.1, 0.15) is 0 Å². The van der Waals surface area contributed by atoms with E-state index in [4.69, 9.17) is 5.11 Å². The topological polar surface area (TPSA) is 94.9 Å². The summed E-state index contributed by atoms with van der Waals surface area (Å²) in [6, 6.07) is 5.87. The predicted octanol–water partition coefficient (Wildman–Crippen LogP) is 0.671. The number of benzene rings is 1. The Bertz CT molecular complexity index is 623. The third-order valence-electron chi connectivity index (χ3n) is 3.33. The number of carbonyl (C=O) groups is 1. The van der Waals surface area contributed by atoms with Crippen molar-refractivity contribution in [3.05, 3.63) is 35.4 Å². The van der Waals surface area contributed by atoms with Gasteiger partial charge in [-0.3, -0.25) is 0 Å². The number of aliphatic hydroxyl groups is 1. The molecule has 0 saturated carbocycles. The average Bonchev–Trinajstić information content (AvgIpc) is 2.70. The number of β-amino-alcohol motifs (C(OH)–C–C–N with tert-alkyl or cyclic N) is 1. The summed E-state index contributed by atoms with van der Waals surface area (Å²) >= 11 is 0. The largest absolute Gasteiger partial charge is 0.478 e. The molecule has 0 radical (unpaired) electrons. The molecular weight excluding hydrogens is 282 g/mol. The van der Waals surface area contributed by atoms with Gasteiger partial charge in [0, 0.05) is 13.1 Å². The monoisotopic (exact) mass is 299 g/mol. The first-order valence-corrected chi connectivity index (χ1v) is 7.83. The molecule has 1 aromatic rings. The SMILES string of the molecule is CC1(O)CCN(S(=O)(=O)Cc2cccc(C(=O)O)c2)C1. The van der Waals surface area contributed by atoms with E-state index in [0.717, 1.165) is 0 Å². The summed E-state index contributed by atoms with van der Waals surface area (Å²) in [5, 5.41) is 18.7. The van der Waals surface area contributed by atoms with E-state index in [-0.39, 0.29) is 24.4 Å². The van der Waals surface area contributed by atoms with Crippen LogP contribution in [-0.2, 0) is 15.8 Å². The number of rotatable bonds is 4. The van der Waals surface area contributed by atoms with Crippen LogP contribution in [0.25, 0.3) is 0 Å². The highest BCUT2D eigenvalue weighted by molar-refractivity contribution is 7.88. The van der Waals surface area contributed by atoms with Crippen molar-refractivity contribution >= 4 is 16.0 Å². The molecule has 0 aromatic heterocycles. The van der Waals surface area contributed by atoms with Gasteiger partial charge in [-0.15, -0.1) is 0 Å². The van der Waals surface area contributed by atoms with Crippen LogP contribution < -0.4 is 0 Å². The summed E-state index contributed by atoms with van der Waals surface area (Å²) in [4.78, 5) is 10.9. The van der Waals surface area contributed by atoms with Gasteiger partial charge in [-0.05, 0) is 31.0 Å². The van der Waals surface area contributed by atoms with Crippen LogP contribution in [0, 0.1) is 0 Å². The second-order valence-electron chi connectivity index (χ2n) is 5.34. The van der Waals surface area contributed by atoms with Crippen molar-refractivity contribution in [3.8, 4) is 0 Å². The number of hydrogen-bond acceptors (Lipinski definition) is 4. The fraction of sp³-hybridized carbons (Fsp3) is 0.462. The van der Waals surface area contributed by atoms with Crippen molar-refractivity contribution in [3.63, 3.8) is 0 Å². The van der Waals surface area contributed by atoms with Gasteiger partial charge in [-0.1, -0.05) is 12.1 Å². The molecule has 1 saturated heterocycles. The molecule has 1 aliphatic rings. The highest BCUT2D eigenvalue weighted by Crippen LogP contribution is 2.24. The van der Waals surface area contributed by atoms with Gasteiger partial charge in [0.2, 0.25) is 10.0 Å². The molecule has 7 heteroatoms. The van der Waals surface area contributed by atoms with Crippen molar-refractivity contribution in [2.45, 2.75) is 24.7 Å². The van der Waals surface area contributed by atoms with Crippen LogP contribution in [0.2, 0.25) is 0 Å². The molecule has 0 bridgehead atoms. The van der Waals surface area contributed by atoms with Crippen molar-refractivity contribution < 1.29 is 23.4 Å². The maximum Gasteiger partial charge on any atom is 0.335 e. The Morgan fingerprint density at radius 3 is 2.70 bits per heavy atom. The van der Waals surface area contributed by atoms with Crippen LogP contribution in [0.5, 0.6) is 0 Å². The standard InChI is InChI=1S/C13H17NO5S/c1-13(17)5-6-14(9-13)20(18,19)8-10-3-2-4-11(7-10)12(15)16/h2-4,7,17H,5-6,8-9H2,1H3,(H,15,16). The molecule has 2 rings (SSSR count). The Morgan fingerprint density at radius 1 is 1.45 bits per heavy atom. The lowest BCUT2D eigenvalue weighted by Gasteiger charge is -2.19. The maximum atomic E-state index is 12.2. The minimum atomic E-state index is -3.55. The van der Waals surface area contributed by atoms with E-state index in [1.807, 2.05) is 0 Å². The number of sulfonamides is 1. The van der Waals surface area contributed by atoms with Gasteiger partial charge >= 0.3 is 5.97 Å². The van der Waals surface area contributed by atoms with E-state index in [9.17, 15) is 18.3 Å². The summed E-state index contributed by atoms with van der Waals surface area (Å²) in [6.07, 6.45) is 0.404. The van der Waals surface area contributed by atoms with Gasteiger partial charge in [-0.25, -0.2) is 13.2 Å². The summed E-state index contributed by atoms with van der Waals surface area (Å²) in [7, 11) is -3.55. The van der Waals surface area contributed by atoms with Gasteiger partial charge in [0.25, 0.3) is 0 Å². The molecular formula is C13H17NO5S. The lowest BCUT2D eigenvalue weighted by Crippen LogP contribution is -2.34. The highest BCUT2D eigenvalue weighted by Gasteiger charge is 2.37. The highest BCUT2D eigenvalue weighted by atomic mass is 32.2. The molecule has 1 unspecified atom stereocenters. The number of hydrogen-bond donors (Lipinski definition) is 2. The first-order chi connectivity index (χ1) is 9.20. The minimum absolute atomic E-state index is 0.0612. The Hall–Kier alpha value is -1.44. The van der Waals surface area contributed by atoms with E-state index >= 15 is 0 Å². The fourth-order valence-corrected chi connectivity index (χ4v) is 3.86. The molecule has 6 nitrogen and oxygen atoms in total. The van der Waals surface area contributed by atoms with Crippen molar-refractivity contribution in [1.82, 2.24) is 4.31 Å². The van der Waals surface area contributed by atoms with Gasteiger partial charge in [-0.2, -0.15) is 4.31 Å². The number of carboxylic acid groups (broad SMARTS) is 1. The zero-order valence-corrected chi connectivity index (χ0v) is 11.9. The smallest absolute Gasteiger partial charge is 0.335 e. The van der Waals surface area contributed by atoms with Crippen LogP contribution in [0.3, 0.4) is 0 Å². The fourth-order valence-electron chi connectivity index (χ4n) is 2.24. The summed E-state index contributed by atoms with van der Waals surface area (Å²) in [5.41, 5.74) is -0.502. The Morgan fingerprint density at radius 2 is 2.15 bits per heavy atom. The summed E-state index contributed by atoms with van der Waals surface area (Å²) in [5.74, 6) is -1.35. The van der Waals surface area contributed by atoms with E-state index in [2.05, 4.69) is 0 Å². The molecule has 1 heterocycles. The van der Waals surface area contributed by atoms with Crippen LogP contribution in [0.4, 0.5) is 0 Å². The Kier molecular flexibility index (Phi) is 3.86. The lowest BCUT2D eigenvalue weighted by molar-refractivity contribution is 0.0696. The second-order valence-corrected chi connectivity index (χ2v) is 7.31. The Labute approximate surface area is 117 Å². The van der Waals surface area contributed by atoms with Gasteiger partial charge < -0.3 is 10.2 Å². The zero-order valence-electron chi connectivity index (χ0n) is 11.1. The molecule has 110 valence electrons. The second kappa shape index (κ2) is 5.16. The molecule has 1 atom stereocenters. The first kappa shape index (κ1) is 15.0. The molecule has 1 fully saturated rings. The predicted molar refractivity (Wildman–Crippen MR) is 72.8 cm³/mol. The van der Waals surface area contributed by atoms with Crippen LogP contribution >= 0.6 is 0 Å². The van der Waals surface area contributed by atoms with E-state index < -0.39 is 21.6 Å². The molecule has 1 aromatic carbocycles. The van der Waals surface area contributed by atoms with Crippen LogP contribution in [0.1, 0.15) is 29.3 Å². The first-order valence-electron chi connectivity index (χ1n) is 6.22. The molecule has 0 aliphatic carbocycles. The third kappa shape index (κ3) is 3.36. The number of nitrogens with zero attached hydrogens (tertiary/aromatic N) is 1. The maximum absolute atomic E-state index is 12.2. The van der Waals surface area contributed by atoms with Crippen molar-refractivity contribution in [2.75, 3.05) is 13.1 Å². The minimum Gasteiger partial charge on any atom is -0.478 e. The molecule has 20 heavy (non-hydrogen) atoms. The lowest BCUT2D eigenvalue weighted by atomic mass is 10.1. The quantitative estimate of drug-likeness (QED) is 0.852. The van der Waals surface area contributed by atoms with Crippen LogP contribution in [0.15, 0.2) is 24.3 Å². The Balaban J connectivity index is 2.17. The summed E-state index contributed by atoms with van der Waals surface area (Å²) < 4.78 is 25.7. The van der Waals surface area contributed by atoms with E-state index in [1.54, 1.807) is 13.0 Å². The molecule has 2 N–H and O–H groups in total. The third-order valence-corrected chi connectivity index (χ3v) is 5.13. The van der Waals surface area contributed by atoms with Crippen molar-refractivity contribution in [2.24, 2.45) is 0 Å². The van der Waals surface area contributed by atoms with Gasteiger partial charge in [0.15, 0.2) is 0 Å². The average molecular weight is 299 g/mol. The van der Waals surface area contributed by atoms with Gasteiger partial charge in [0.05, 0.1) is 16.9 Å². The number of carboxylic acids is 1. The molecule has 0 spiro atoms. The van der Waals surface area contributed by atoms with Crippen LogP contribution in [-0.4, -0.2) is 47.6 Å².